The fourth-order valence-electron chi connectivity index (χ4n) is 9.44. The van der Waals surface area contributed by atoms with Gasteiger partial charge in [0.2, 0.25) is 0 Å². The van der Waals surface area contributed by atoms with Crippen LogP contribution in [0.3, 0.4) is 0 Å². The Morgan fingerprint density at radius 3 is 2.45 bits per heavy atom. The third-order valence-corrected chi connectivity index (χ3v) is 11.7. The largest absolute Gasteiger partial charge is 0.393 e. The van der Waals surface area contributed by atoms with E-state index in [0.717, 1.165) is 48.9 Å². The van der Waals surface area contributed by atoms with E-state index in [2.05, 4.69) is 34.6 Å². The predicted molar refractivity (Wildman–Crippen MR) is 126 cm³/mol. The summed E-state index contributed by atoms with van der Waals surface area (Å²) in [7, 11) is 0. The SMILES string of the molecule is CC(CCC(C)C1CCC2C3C(=O)C=C4CC(O)CCC4(C)C3CCC12C)C1CC1C. The van der Waals surface area contributed by atoms with Crippen LogP contribution in [-0.4, -0.2) is 17.0 Å². The maximum Gasteiger partial charge on any atom is 0.159 e. The number of aliphatic hydroxyl groups excluding tert-OH is 1. The normalized spacial score (nSPS) is 50.7. The zero-order valence-electron chi connectivity index (χ0n) is 20.7. The number of hydrogen-bond donors (Lipinski definition) is 1. The van der Waals surface area contributed by atoms with Crippen molar-refractivity contribution >= 4 is 5.78 Å². The zero-order valence-corrected chi connectivity index (χ0v) is 20.7. The van der Waals surface area contributed by atoms with Gasteiger partial charge in [0, 0.05) is 5.92 Å². The molecule has 2 heteroatoms. The summed E-state index contributed by atoms with van der Waals surface area (Å²) in [5, 5.41) is 10.2. The number of aliphatic hydroxyl groups is 1. The molecule has 0 amide bonds. The van der Waals surface area contributed by atoms with Gasteiger partial charge in [-0.25, -0.2) is 0 Å². The molecule has 0 bridgehead atoms. The van der Waals surface area contributed by atoms with Gasteiger partial charge in [-0.05, 0) is 110 Å². The van der Waals surface area contributed by atoms with Gasteiger partial charge in [-0.3, -0.25) is 4.79 Å². The topological polar surface area (TPSA) is 37.3 Å². The molecule has 0 heterocycles. The second kappa shape index (κ2) is 7.71. The standard InChI is InChI=1S/C29H46O2/c1-17(22-14-19(22)3)6-7-18(2)23-8-9-24-27-25(11-13-29(23,24)5)28(4)12-10-21(30)15-20(28)16-26(27)31/h16-19,21-25,27,30H,6-15H2,1-5H3. The average molecular weight is 427 g/mol. The minimum Gasteiger partial charge on any atom is -0.393 e. The van der Waals surface area contributed by atoms with Gasteiger partial charge in [0.15, 0.2) is 5.78 Å². The summed E-state index contributed by atoms with van der Waals surface area (Å²) in [6.07, 6.45) is 13.8. The van der Waals surface area contributed by atoms with Crippen molar-refractivity contribution in [2.24, 2.45) is 58.2 Å². The Bertz CT molecular complexity index is 754. The van der Waals surface area contributed by atoms with Gasteiger partial charge in [-0.15, -0.1) is 0 Å². The Kier molecular flexibility index (Phi) is 5.52. The second-order valence-corrected chi connectivity index (χ2v) is 13.3. The number of carbonyl (C=O) groups is 1. The van der Waals surface area contributed by atoms with E-state index in [4.69, 9.17) is 0 Å². The van der Waals surface area contributed by atoms with E-state index in [-0.39, 0.29) is 17.4 Å². The molecule has 11 unspecified atom stereocenters. The first-order valence-corrected chi connectivity index (χ1v) is 13.6. The molecular weight excluding hydrogens is 380 g/mol. The molecule has 2 nitrogen and oxygen atoms in total. The van der Waals surface area contributed by atoms with Crippen LogP contribution in [0, 0.1) is 58.2 Å². The second-order valence-electron chi connectivity index (χ2n) is 13.3. The molecule has 0 aromatic rings. The Morgan fingerprint density at radius 2 is 1.74 bits per heavy atom. The van der Waals surface area contributed by atoms with Crippen LogP contribution in [0.15, 0.2) is 11.6 Å². The molecular formula is C29H46O2. The van der Waals surface area contributed by atoms with Crippen LogP contribution in [-0.2, 0) is 4.79 Å². The summed E-state index contributed by atoms with van der Waals surface area (Å²) in [6, 6.07) is 0. The van der Waals surface area contributed by atoms with Crippen LogP contribution in [0.2, 0.25) is 0 Å². The van der Waals surface area contributed by atoms with Gasteiger partial charge in [0.25, 0.3) is 0 Å². The quantitative estimate of drug-likeness (QED) is 0.524. The summed E-state index contributed by atoms with van der Waals surface area (Å²) >= 11 is 0. The number of hydrogen-bond acceptors (Lipinski definition) is 2. The van der Waals surface area contributed by atoms with Crippen molar-refractivity contribution < 1.29 is 9.90 Å². The van der Waals surface area contributed by atoms with E-state index in [9.17, 15) is 9.90 Å². The van der Waals surface area contributed by atoms with Crippen LogP contribution in [0.4, 0.5) is 0 Å². The summed E-state index contributed by atoms with van der Waals surface area (Å²) < 4.78 is 0. The van der Waals surface area contributed by atoms with Gasteiger partial charge in [-0.2, -0.15) is 0 Å². The first-order chi connectivity index (χ1) is 14.6. The number of rotatable bonds is 5. The Morgan fingerprint density at radius 1 is 1.03 bits per heavy atom. The highest BCUT2D eigenvalue weighted by atomic mass is 16.3. The smallest absolute Gasteiger partial charge is 0.159 e. The molecule has 1 N–H and O–H groups in total. The van der Waals surface area contributed by atoms with Crippen molar-refractivity contribution in [3.05, 3.63) is 11.6 Å². The Balaban J connectivity index is 1.32. The van der Waals surface area contributed by atoms with Crippen molar-refractivity contribution in [3.63, 3.8) is 0 Å². The summed E-state index contributed by atoms with van der Waals surface area (Å²) in [4.78, 5) is 13.5. The fourth-order valence-corrected chi connectivity index (χ4v) is 9.44. The van der Waals surface area contributed by atoms with Crippen LogP contribution in [0.25, 0.3) is 0 Å². The minimum atomic E-state index is -0.240. The molecule has 4 saturated carbocycles. The van der Waals surface area contributed by atoms with E-state index < -0.39 is 0 Å². The number of carbonyl (C=O) groups excluding carboxylic acids is 1. The fraction of sp³-hybridized carbons (Fsp3) is 0.897. The number of fused-ring (bicyclic) bond motifs is 5. The average Bonchev–Trinajstić information content (AvgIpc) is 3.35. The van der Waals surface area contributed by atoms with E-state index in [1.807, 2.05) is 6.08 Å². The Labute approximate surface area is 190 Å². The van der Waals surface area contributed by atoms with Gasteiger partial charge in [0.1, 0.15) is 0 Å². The lowest BCUT2D eigenvalue weighted by molar-refractivity contribution is -0.135. The molecule has 5 rings (SSSR count). The van der Waals surface area contributed by atoms with Gasteiger partial charge < -0.3 is 5.11 Å². The molecule has 11 atom stereocenters. The monoisotopic (exact) mass is 426 g/mol. The third kappa shape index (κ3) is 3.49. The van der Waals surface area contributed by atoms with Crippen LogP contribution >= 0.6 is 0 Å². The summed E-state index contributed by atoms with van der Waals surface area (Å²) in [6.45, 7) is 12.4. The lowest BCUT2D eigenvalue weighted by Crippen LogP contribution is -2.53. The molecule has 0 aromatic heterocycles. The van der Waals surface area contributed by atoms with Crippen LogP contribution in [0.1, 0.15) is 98.8 Å². The maximum atomic E-state index is 13.5. The van der Waals surface area contributed by atoms with Crippen molar-refractivity contribution in [1.29, 1.82) is 0 Å². The first kappa shape index (κ1) is 22.2. The van der Waals surface area contributed by atoms with E-state index >= 15 is 0 Å². The number of allylic oxidation sites excluding steroid dienone is 1. The highest BCUT2D eigenvalue weighted by Gasteiger charge is 2.61. The first-order valence-electron chi connectivity index (χ1n) is 13.6. The predicted octanol–water partition coefficient (Wildman–Crippen LogP) is 6.81. The van der Waals surface area contributed by atoms with Crippen molar-refractivity contribution in [2.75, 3.05) is 0 Å². The molecule has 0 aromatic carbocycles. The molecule has 174 valence electrons. The highest BCUT2D eigenvalue weighted by Crippen LogP contribution is 2.66. The minimum absolute atomic E-state index is 0.152. The van der Waals surface area contributed by atoms with Gasteiger partial charge >= 0.3 is 0 Å². The summed E-state index contributed by atoms with van der Waals surface area (Å²) in [5.41, 5.74) is 1.77. The van der Waals surface area contributed by atoms with Crippen LogP contribution < -0.4 is 0 Å². The number of ketones is 1. The zero-order chi connectivity index (χ0) is 22.1. The molecule has 0 saturated heterocycles. The molecule has 0 radical (unpaired) electrons. The molecule has 0 aliphatic heterocycles. The van der Waals surface area contributed by atoms with Gasteiger partial charge in [-0.1, -0.05) is 53.0 Å². The lowest BCUT2D eigenvalue weighted by Gasteiger charge is -2.57. The van der Waals surface area contributed by atoms with Crippen LogP contribution in [0.5, 0.6) is 0 Å². The van der Waals surface area contributed by atoms with Gasteiger partial charge in [0.05, 0.1) is 6.10 Å². The van der Waals surface area contributed by atoms with E-state index in [1.165, 1.54) is 50.5 Å². The Hall–Kier alpha value is -0.630. The molecule has 4 fully saturated rings. The molecule has 31 heavy (non-hydrogen) atoms. The van der Waals surface area contributed by atoms with Crippen molar-refractivity contribution in [3.8, 4) is 0 Å². The maximum absolute atomic E-state index is 13.5. The lowest BCUT2D eigenvalue weighted by atomic mass is 9.46. The molecule has 5 aliphatic carbocycles. The highest BCUT2D eigenvalue weighted by molar-refractivity contribution is 5.94. The van der Waals surface area contributed by atoms with E-state index in [1.54, 1.807) is 0 Å². The van der Waals surface area contributed by atoms with Crippen molar-refractivity contribution in [2.45, 2.75) is 105 Å². The molecule has 0 spiro atoms. The molecule has 5 aliphatic rings. The van der Waals surface area contributed by atoms with Crippen molar-refractivity contribution in [1.82, 2.24) is 0 Å². The third-order valence-electron chi connectivity index (χ3n) is 11.7. The van der Waals surface area contributed by atoms with E-state index in [0.29, 0.717) is 23.0 Å². The summed E-state index contributed by atoms with van der Waals surface area (Å²) in [5.74, 6) is 6.16.